The van der Waals surface area contributed by atoms with Gasteiger partial charge in [-0.2, -0.15) is 0 Å². The standard InChI is InChI=1S/C12H25NO/c1-10(2)8-13-9-12(14)11-6-4-3-5-7-11/h10-14H,3-9H2,1-2H3. The Morgan fingerprint density at radius 3 is 2.36 bits per heavy atom. The van der Waals surface area contributed by atoms with E-state index < -0.39 is 0 Å². The minimum Gasteiger partial charge on any atom is -0.392 e. The summed E-state index contributed by atoms with van der Waals surface area (Å²) >= 11 is 0. The van der Waals surface area contributed by atoms with E-state index in [0.717, 1.165) is 13.1 Å². The largest absolute Gasteiger partial charge is 0.392 e. The van der Waals surface area contributed by atoms with Crippen molar-refractivity contribution in [1.82, 2.24) is 5.32 Å². The van der Waals surface area contributed by atoms with E-state index in [9.17, 15) is 5.11 Å². The van der Waals surface area contributed by atoms with E-state index in [4.69, 9.17) is 0 Å². The Morgan fingerprint density at radius 2 is 1.79 bits per heavy atom. The number of aliphatic hydroxyl groups excluding tert-OH is 1. The summed E-state index contributed by atoms with van der Waals surface area (Å²) in [6, 6.07) is 0. The molecule has 0 radical (unpaired) electrons. The van der Waals surface area contributed by atoms with Crippen molar-refractivity contribution in [1.29, 1.82) is 0 Å². The molecule has 2 heteroatoms. The molecule has 1 aliphatic rings. The van der Waals surface area contributed by atoms with Crippen LogP contribution < -0.4 is 5.32 Å². The van der Waals surface area contributed by atoms with Crippen LogP contribution in [0.3, 0.4) is 0 Å². The Hall–Kier alpha value is -0.0800. The summed E-state index contributed by atoms with van der Waals surface area (Å²) in [6.45, 7) is 6.19. The molecule has 1 fully saturated rings. The first-order valence-corrected chi connectivity index (χ1v) is 6.09. The van der Waals surface area contributed by atoms with E-state index in [1.54, 1.807) is 0 Å². The molecule has 0 heterocycles. The summed E-state index contributed by atoms with van der Waals surface area (Å²) in [5.74, 6) is 1.23. The minimum atomic E-state index is -0.117. The third-order valence-corrected chi connectivity index (χ3v) is 3.10. The maximum Gasteiger partial charge on any atom is 0.0692 e. The van der Waals surface area contributed by atoms with E-state index in [1.165, 1.54) is 32.1 Å². The predicted octanol–water partition coefficient (Wildman–Crippen LogP) is 2.17. The number of rotatable bonds is 5. The highest BCUT2D eigenvalue weighted by atomic mass is 16.3. The van der Waals surface area contributed by atoms with Crippen LogP contribution >= 0.6 is 0 Å². The van der Waals surface area contributed by atoms with E-state index in [-0.39, 0.29) is 6.10 Å². The van der Waals surface area contributed by atoms with Crippen LogP contribution in [0.2, 0.25) is 0 Å². The summed E-state index contributed by atoms with van der Waals surface area (Å²) in [5.41, 5.74) is 0. The fraction of sp³-hybridized carbons (Fsp3) is 1.00. The Morgan fingerprint density at radius 1 is 1.14 bits per heavy atom. The lowest BCUT2D eigenvalue weighted by Crippen LogP contribution is -2.35. The second-order valence-corrected chi connectivity index (χ2v) is 5.02. The van der Waals surface area contributed by atoms with Gasteiger partial charge in [0.25, 0.3) is 0 Å². The molecule has 2 nitrogen and oxygen atoms in total. The van der Waals surface area contributed by atoms with Crippen LogP contribution in [0.15, 0.2) is 0 Å². The van der Waals surface area contributed by atoms with Crippen molar-refractivity contribution in [3.63, 3.8) is 0 Å². The molecule has 0 aliphatic heterocycles. The highest BCUT2D eigenvalue weighted by Gasteiger charge is 2.20. The van der Waals surface area contributed by atoms with Gasteiger partial charge in [0.2, 0.25) is 0 Å². The molecule has 0 spiro atoms. The second kappa shape index (κ2) is 6.41. The minimum absolute atomic E-state index is 0.117. The third kappa shape index (κ3) is 4.43. The van der Waals surface area contributed by atoms with Crippen LogP contribution in [-0.2, 0) is 0 Å². The molecule has 1 aliphatic carbocycles. The monoisotopic (exact) mass is 199 g/mol. The summed E-state index contributed by atoms with van der Waals surface area (Å²) in [7, 11) is 0. The van der Waals surface area contributed by atoms with Crippen LogP contribution in [-0.4, -0.2) is 24.3 Å². The SMILES string of the molecule is CC(C)CNCC(O)C1CCCCC1. The molecule has 1 atom stereocenters. The van der Waals surface area contributed by atoms with E-state index in [0.29, 0.717) is 11.8 Å². The van der Waals surface area contributed by atoms with Gasteiger partial charge in [-0.1, -0.05) is 33.1 Å². The number of hydrogen-bond donors (Lipinski definition) is 2. The highest BCUT2D eigenvalue weighted by molar-refractivity contribution is 4.74. The summed E-state index contributed by atoms with van der Waals surface area (Å²) < 4.78 is 0. The van der Waals surface area contributed by atoms with Gasteiger partial charge in [-0.15, -0.1) is 0 Å². The second-order valence-electron chi connectivity index (χ2n) is 5.02. The summed E-state index contributed by atoms with van der Waals surface area (Å²) in [6.07, 6.45) is 6.32. The Balaban J connectivity index is 2.10. The lowest BCUT2D eigenvalue weighted by molar-refractivity contribution is 0.0836. The maximum atomic E-state index is 9.92. The van der Waals surface area contributed by atoms with Crippen molar-refractivity contribution in [2.75, 3.05) is 13.1 Å². The van der Waals surface area contributed by atoms with Crippen molar-refractivity contribution >= 4 is 0 Å². The third-order valence-electron chi connectivity index (χ3n) is 3.10. The fourth-order valence-electron chi connectivity index (χ4n) is 2.21. The molecule has 2 N–H and O–H groups in total. The molecule has 1 rings (SSSR count). The first-order valence-electron chi connectivity index (χ1n) is 6.09. The molecule has 0 aromatic heterocycles. The molecule has 0 amide bonds. The lowest BCUT2D eigenvalue weighted by Gasteiger charge is -2.26. The van der Waals surface area contributed by atoms with Crippen LogP contribution in [0.5, 0.6) is 0 Å². The van der Waals surface area contributed by atoms with Gasteiger partial charge in [-0.3, -0.25) is 0 Å². The maximum absolute atomic E-state index is 9.92. The van der Waals surface area contributed by atoms with Gasteiger partial charge in [-0.05, 0) is 31.2 Å². The summed E-state index contributed by atoms with van der Waals surface area (Å²) in [5, 5.41) is 13.3. The van der Waals surface area contributed by atoms with Gasteiger partial charge in [0.15, 0.2) is 0 Å². The van der Waals surface area contributed by atoms with Crippen molar-refractivity contribution in [2.24, 2.45) is 11.8 Å². The van der Waals surface area contributed by atoms with Crippen LogP contribution in [0.1, 0.15) is 46.0 Å². The van der Waals surface area contributed by atoms with Crippen molar-refractivity contribution < 1.29 is 5.11 Å². The van der Waals surface area contributed by atoms with E-state index >= 15 is 0 Å². The first kappa shape index (κ1) is 12.0. The van der Waals surface area contributed by atoms with Gasteiger partial charge in [0.1, 0.15) is 0 Å². The van der Waals surface area contributed by atoms with E-state index in [2.05, 4.69) is 19.2 Å². The van der Waals surface area contributed by atoms with Crippen LogP contribution in [0, 0.1) is 11.8 Å². The van der Waals surface area contributed by atoms with Gasteiger partial charge in [-0.25, -0.2) is 0 Å². The van der Waals surface area contributed by atoms with Crippen LogP contribution in [0.4, 0.5) is 0 Å². The molecule has 0 aromatic carbocycles. The number of nitrogens with one attached hydrogen (secondary N) is 1. The Bertz CT molecular complexity index is 141. The van der Waals surface area contributed by atoms with Gasteiger partial charge >= 0.3 is 0 Å². The first-order chi connectivity index (χ1) is 6.70. The normalized spacial score (nSPS) is 21.4. The van der Waals surface area contributed by atoms with E-state index in [1.807, 2.05) is 0 Å². The molecular weight excluding hydrogens is 174 g/mol. The Labute approximate surface area is 88.1 Å². The smallest absolute Gasteiger partial charge is 0.0692 e. The topological polar surface area (TPSA) is 32.3 Å². The van der Waals surface area contributed by atoms with Crippen molar-refractivity contribution in [2.45, 2.75) is 52.1 Å². The van der Waals surface area contributed by atoms with Crippen molar-refractivity contribution in [3.8, 4) is 0 Å². The number of aliphatic hydroxyl groups is 1. The zero-order valence-corrected chi connectivity index (χ0v) is 9.63. The molecule has 0 aromatic rings. The van der Waals surface area contributed by atoms with Crippen molar-refractivity contribution in [3.05, 3.63) is 0 Å². The molecular formula is C12H25NO. The molecule has 14 heavy (non-hydrogen) atoms. The zero-order chi connectivity index (χ0) is 10.4. The zero-order valence-electron chi connectivity index (χ0n) is 9.63. The predicted molar refractivity (Wildman–Crippen MR) is 60.3 cm³/mol. The molecule has 0 bridgehead atoms. The average Bonchev–Trinajstić information content (AvgIpc) is 2.18. The number of hydrogen-bond acceptors (Lipinski definition) is 2. The van der Waals surface area contributed by atoms with Gasteiger partial charge in [0.05, 0.1) is 6.10 Å². The molecule has 0 saturated heterocycles. The molecule has 1 unspecified atom stereocenters. The molecule has 1 saturated carbocycles. The van der Waals surface area contributed by atoms with Crippen LogP contribution in [0.25, 0.3) is 0 Å². The fourth-order valence-corrected chi connectivity index (χ4v) is 2.21. The molecule has 84 valence electrons. The summed E-state index contributed by atoms with van der Waals surface area (Å²) in [4.78, 5) is 0. The highest BCUT2D eigenvalue weighted by Crippen LogP contribution is 2.26. The van der Waals surface area contributed by atoms with Gasteiger partial charge in [0, 0.05) is 6.54 Å². The van der Waals surface area contributed by atoms with Gasteiger partial charge < -0.3 is 10.4 Å². The average molecular weight is 199 g/mol. The quantitative estimate of drug-likeness (QED) is 0.711. The lowest BCUT2D eigenvalue weighted by atomic mass is 9.85. The Kier molecular flexibility index (Phi) is 5.49.